The average Bonchev–Trinajstić information content (AvgIpc) is 2.22. The second-order valence-electron chi connectivity index (χ2n) is 3.89. The van der Waals surface area contributed by atoms with Crippen molar-refractivity contribution in [3.05, 3.63) is 28.1 Å². The first kappa shape index (κ1) is 15.0. The molecule has 3 nitrogen and oxygen atoms in total. The summed E-state index contributed by atoms with van der Waals surface area (Å²) in [5.41, 5.74) is 0.881. The monoisotopic (exact) mass is 321 g/mol. The van der Waals surface area contributed by atoms with Crippen LogP contribution in [-0.2, 0) is 9.57 Å². The van der Waals surface area contributed by atoms with Crippen molar-refractivity contribution in [1.29, 1.82) is 0 Å². The molecule has 0 aromatic carbocycles. The molecule has 1 heterocycles. The molecular formula is C12H14BrF2NO2. The maximum absolute atomic E-state index is 13.3. The lowest BCUT2D eigenvalue weighted by Crippen LogP contribution is -2.17. The Hall–Kier alpha value is -1.04. The van der Waals surface area contributed by atoms with E-state index in [0.29, 0.717) is 5.56 Å². The Morgan fingerprint density at radius 3 is 2.33 bits per heavy atom. The normalized spacial score (nSPS) is 11.5. The van der Waals surface area contributed by atoms with Gasteiger partial charge in [0.05, 0.1) is 17.9 Å². The number of ether oxygens (including phenoxy) is 1. The molecule has 1 aromatic heterocycles. The highest BCUT2D eigenvalue weighted by Gasteiger charge is 2.33. The van der Waals surface area contributed by atoms with E-state index in [2.05, 4.69) is 20.9 Å². The highest BCUT2D eigenvalue weighted by Crippen LogP contribution is 2.37. The van der Waals surface area contributed by atoms with E-state index in [1.165, 1.54) is 13.8 Å². The number of carbonyl (C=O) groups is 1. The Morgan fingerprint density at radius 1 is 1.33 bits per heavy atom. The van der Waals surface area contributed by atoms with Gasteiger partial charge in [-0.25, -0.2) is 9.78 Å². The standard InChI is InChI=1S/C12H14BrF2NO2/c1-5-18-11(17)9-6(2)7(3)10(12(13,14)15)16-8(9)4/h5H2,1-4H3. The van der Waals surface area contributed by atoms with Gasteiger partial charge in [-0.15, -0.1) is 0 Å². The average molecular weight is 322 g/mol. The first-order valence-corrected chi connectivity index (χ1v) is 6.21. The molecule has 0 bridgehead atoms. The Balaban J connectivity index is 3.43. The van der Waals surface area contributed by atoms with Crippen LogP contribution in [0.1, 0.15) is 39.8 Å². The number of hydrogen-bond acceptors (Lipinski definition) is 3. The number of carbonyl (C=O) groups excluding carboxylic acids is 1. The minimum Gasteiger partial charge on any atom is -0.462 e. The van der Waals surface area contributed by atoms with E-state index in [9.17, 15) is 13.6 Å². The van der Waals surface area contributed by atoms with Crippen molar-refractivity contribution < 1.29 is 18.3 Å². The minimum absolute atomic E-state index is 0.229. The molecule has 0 unspecified atom stereocenters. The number of aryl methyl sites for hydroxylation is 1. The lowest BCUT2D eigenvalue weighted by atomic mass is 10.0. The van der Waals surface area contributed by atoms with Crippen molar-refractivity contribution in [3.8, 4) is 0 Å². The molecule has 0 amide bonds. The largest absolute Gasteiger partial charge is 0.462 e. The Morgan fingerprint density at radius 2 is 1.89 bits per heavy atom. The summed E-state index contributed by atoms with van der Waals surface area (Å²) < 4.78 is 31.5. The number of hydrogen-bond donors (Lipinski definition) is 0. The SMILES string of the molecule is CCOC(=O)c1c(C)nc(C(F)(F)Br)c(C)c1C. The molecule has 6 heteroatoms. The van der Waals surface area contributed by atoms with Gasteiger partial charge in [0.25, 0.3) is 0 Å². The summed E-state index contributed by atoms with van der Waals surface area (Å²) in [4.78, 5) is 12.3. The van der Waals surface area contributed by atoms with Crippen LogP contribution >= 0.6 is 15.9 Å². The maximum Gasteiger partial charge on any atom is 0.343 e. The summed E-state index contributed by atoms with van der Waals surface area (Å²) in [5.74, 6) is -0.535. The molecule has 0 saturated heterocycles. The third-order valence-electron chi connectivity index (χ3n) is 2.68. The van der Waals surface area contributed by atoms with Gasteiger partial charge in [-0.3, -0.25) is 0 Å². The zero-order chi connectivity index (χ0) is 14.1. The smallest absolute Gasteiger partial charge is 0.343 e. The molecule has 0 saturated carbocycles. The van der Waals surface area contributed by atoms with Crippen molar-refractivity contribution in [3.63, 3.8) is 0 Å². The lowest BCUT2D eigenvalue weighted by Gasteiger charge is -2.17. The molecule has 0 aliphatic rings. The fraction of sp³-hybridized carbons (Fsp3) is 0.500. The second kappa shape index (κ2) is 5.30. The van der Waals surface area contributed by atoms with Gasteiger partial charge in [-0.2, -0.15) is 8.78 Å². The maximum atomic E-state index is 13.3. The van der Waals surface area contributed by atoms with Crippen molar-refractivity contribution in [1.82, 2.24) is 4.98 Å². The van der Waals surface area contributed by atoms with E-state index in [-0.39, 0.29) is 29.1 Å². The molecule has 0 atom stereocenters. The lowest BCUT2D eigenvalue weighted by molar-refractivity contribution is 0.0522. The summed E-state index contributed by atoms with van der Waals surface area (Å²) in [6.07, 6.45) is 0. The molecule has 18 heavy (non-hydrogen) atoms. The molecule has 0 aliphatic carbocycles. The van der Waals surface area contributed by atoms with Crippen LogP contribution in [0.4, 0.5) is 8.78 Å². The predicted octanol–water partition coefficient (Wildman–Crippen LogP) is 3.63. The van der Waals surface area contributed by atoms with E-state index in [1.54, 1.807) is 13.8 Å². The van der Waals surface area contributed by atoms with Crippen LogP contribution in [0.2, 0.25) is 0 Å². The molecule has 100 valence electrons. The fourth-order valence-electron chi connectivity index (χ4n) is 1.72. The zero-order valence-corrected chi connectivity index (χ0v) is 12.2. The number of rotatable bonds is 3. The van der Waals surface area contributed by atoms with Crippen molar-refractivity contribution in [2.24, 2.45) is 0 Å². The van der Waals surface area contributed by atoms with E-state index in [1.807, 2.05) is 0 Å². The number of nitrogens with zero attached hydrogens (tertiary/aromatic N) is 1. The molecule has 1 aromatic rings. The van der Waals surface area contributed by atoms with Crippen LogP contribution in [0.25, 0.3) is 0 Å². The number of pyridine rings is 1. The van der Waals surface area contributed by atoms with Crippen molar-refractivity contribution >= 4 is 21.9 Å². The molecule has 0 fully saturated rings. The van der Waals surface area contributed by atoms with Gasteiger partial charge in [-0.05, 0) is 54.8 Å². The van der Waals surface area contributed by atoms with Crippen LogP contribution in [0.5, 0.6) is 0 Å². The first-order valence-electron chi connectivity index (χ1n) is 5.42. The number of aromatic nitrogens is 1. The quantitative estimate of drug-likeness (QED) is 0.630. The fourth-order valence-corrected chi connectivity index (χ4v) is 2.11. The first-order chi connectivity index (χ1) is 8.20. The van der Waals surface area contributed by atoms with Crippen molar-refractivity contribution in [2.45, 2.75) is 32.5 Å². The van der Waals surface area contributed by atoms with Gasteiger partial charge in [0, 0.05) is 0 Å². The second-order valence-corrected chi connectivity index (χ2v) is 4.88. The van der Waals surface area contributed by atoms with Gasteiger partial charge < -0.3 is 4.74 Å². The van der Waals surface area contributed by atoms with Crippen LogP contribution in [0.15, 0.2) is 0 Å². The van der Waals surface area contributed by atoms with E-state index >= 15 is 0 Å². The van der Waals surface area contributed by atoms with Gasteiger partial charge in [-0.1, -0.05) is 0 Å². The third kappa shape index (κ3) is 2.85. The number of esters is 1. The summed E-state index contributed by atoms with van der Waals surface area (Å²) >= 11 is 2.29. The Kier molecular flexibility index (Phi) is 4.42. The summed E-state index contributed by atoms with van der Waals surface area (Å²) in [6, 6.07) is 0. The molecule has 1 rings (SSSR count). The summed E-state index contributed by atoms with van der Waals surface area (Å²) in [5, 5.41) is 0. The summed E-state index contributed by atoms with van der Waals surface area (Å²) in [6.45, 7) is 6.55. The number of halogens is 3. The molecule has 0 spiro atoms. The van der Waals surface area contributed by atoms with E-state index < -0.39 is 10.8 Å². The van der Waals surface area contributed by atoms with Gasteiger partial charge in [0.15, 0.2) is 0 Å². The Bertz CT molecular complexity index is 484. The van der Waals surface area contributed by atoms with Crippen LogP contribution < -0.4 is 0 Å². The van der Waals surface area contributed by atoms with Gasteiger partial charge >= 0.3 is 10.8 Å². The van der Waals surface area contributed by atoms with E-state index in [4.69, 9.17) is 4.74 Å². The zero-order valence-electron chi connectivity index (χ0n) is 10.6. The van der Waals surface area contributed by atoms with Crippen LogP contribution in [-0.4, -0.2) is 17.6 Å². The summed E-state index contributed by atoms with van der Waals surface area (Å²) in [7, 11) is 0. The highest BCUT2D eigenvalue weighted by molar-refractivity contribution is 9.09. The molecule has 0 radical (unpaired) electrons. The van der Waals surface area contributed by atoms with Crippen LogP contribution in [0, 0.1) is 20.8 Å². The topological polar surface area (TPSA) is 39.2 Å². The third-order valence-corrected chi connectivity index (χ3v) is 3.06. The molecule has 0 N–H and O–H groups in total. The molecular weight excluding hydrogens is 308 g/mol. The van der Waals surface area contributed by atoms with Gasteiger partial charge in [0.2, 0.25) is 0 Å². The van der Waals surface area contributed by atoms with Crippen molar-refractivity contribution in [2.75, 3.05) is 6.61 Å². The number of alkyl halides is 3. The van der Waals surface area contributed by atoms with Gasteiger partial charge in [0.1, 0.15) is 5.69 Å². The van der Waals surface area contributed by atoms with Crippen LogP contribution in [0.3, 0.4) is 0 Å². The van der Waals surface area contributed by atoms with E-state index in [0.717, 1.165) is 0 Å². The minimum atomic E-state index is -3.21. The predicted molar refractivity (Wildman–Crippen MR) is 67.2 cm³/mol. The molecule has 0 aliphatic heterocycles. The highest BCUT2D eigenvalue weighted by atomic mass is 79.9. The Labute approximate surface area is 113 Å².